The number of ether oxygens (including phenoxy) is 1. The molecular weight excluding hydrogens is 248 g/mol. The summed E-state index contributed by atoms with van der Waals surface area (Å²) in [5.74, 6) is -0.277. The van der Waals surface area contributed by atoms with Gasteiger partial charge in [0.15, 0.2) is 5.78 Å². The molecule has 1 aliphatic carbocycles. The van der Waals surface area contributed by atoms with E-state index in [0.29, 0.717) is 12.0 Å². The van der Waals surface area contributed by atoms with E-state index >= 15 is 0 Å². The van der Waals surface area contributed by atoms with E-state index in [-0.39, 0.29) is 11.8 Å². The van der Waals surface area contributed by atoms with Gasteiger partial charge in [-0.2, -0.15) is 0 Å². The molecule has 3 nitrogen and oxygen atoms in total. The van der Waals surface area contributed by atoms with Crippen LogP contribution < -0.4 is 0 Å². The fraction of sp³-hybridized carbons (Fsp3) is 0.636. The number of rotatable bonds is 1. The lowest BCUT2D eigenvalue weighted by Crippen LogP contribution is -2.40. The second-order valence-corrected chi connectivity index (χ2v) is 6.16. The molecule has 1 heterocycles. The molecule has 0 aromatic heterocycles. The lowest BCUT2D eigenvalue weighted by atomic mass is 9.90. The molecule has 0 radical (unpaired) electrons. The summed E-state index contributed by atoms with van der Waals surface area (Å²) in [5, 5.41) is -0.562. The Bertz CT molecular complexity index is 391. The average Bonchev–Trinajstić information content (AvgIpc) is 2.53. The second-order valence-electron chi connectivity index (χ2n) is 4.18. The Morgan fingerprint density at radius 2 is 2.25 bits per heavy atom. The first-order valence-corrected chi connectivity index (χ1v) is 6.43. The van der Waals surface area contributed by atoms with E-state index in [4.69, 9.17) is 16.3 Å². The van der Waals surface area contributed by atoms with Crippen molar-refractivity contribution in [3.8, 4) is 0 Å². The summed E-state index contributed by atoms with van der Waals surface area (Å²) in [6, 6.07) is 0. The number of esters is 1. The lowest BCUT2D eigenvalue weighted by Gasteiger charge is -2.24. The minimum absolute atomic E-state index is 0.0846. The van der Waals surface area contributed by atoms with Crippen LogP contribution in [-0.4, -0.2) is 29.0 Å². The molecule has 0 aromatic carbocycles. The van der Waals surface area contributed by atoms with Crippen molar-refractivity contribution in [2.75, 3.05) is 7.11 Å². The second kappa shape index (κ2) is 4.08. The maximum atomic E-state index is 11.8. The van der Waals surface area contributed by atoms with Gasteiger partial charge in [0.1, 0.15) is 4.75 Å². The number of ketones is 1. The number of carbonyl (C=O) groups excluding carboxylic acids is 2. The van der Waals surface area contributed by atoms with Gasteiger partial charge in [0, 0.05) is 12.0 Å². The van der Waals surface area contributed by atoms with Crippen LogP contribution in [0.1, 0.15) is 26.2 Å². The van der Waals surface area contributed by atoms with Crippen molar-refractivity contribution in [3.63, 3.8) is 0 Å². The SMILES string of the molecule is COC(=O)C1(C)SC2=C(C(=O)CCC2)C1Cl. The third-order valence-electron chi connectivity index (χ3n) is 3.07. The van der Waals surface area contributed by atoms with Gasteiger partial charge in [0.2, 0.25) is 0 Å². The van der Waals surface area contributed by atoms with Crippen molar-refractivity contribution in [1.29, 1.82) is 0 Å². The molecule has 0 amide bonds. The molecular formula is C11H13ClO3S. The lowest BCUT2D eigenvalue weighted by molar-refractivity contribution is -0.142. The molecule has 0 aromatic rings. The van der Waals surface area contributed by atoms with Crippen LogP contribution in [0.2, 0.25) is 0 Å². The van der Waals surface area contributed by atoms with Crippen LogP contribution in [0, 0.1) is 0 Å². The number of halogens is 1. The zero-order valence-electron chi connectivity index (χ0n) is 9.21. The summed E-state index contributed by atoms with van der Waals surface area (Å²) in [6.07, 6.45) is 2.24. The minimum atomic E-state index is -0.846. The molecule has 2 unspecified atom stereocenters. The molecule has 2 atom stereocenters. The molecule has 0 bridgehead atoms. The number of thioether (sulfide) groups is 1. The summed E-state index contributed by atoms with van der Waals surface area (Å²) in [5.41, 5.74) is 0.644. The van der Waals surface area contributed by atoms with Crippen molar-refractivity contribution in [2.24, 2.45) is 0 Å². The monoisotopic (exact) mass is 260 g/mol. The molecule has 0 N–H and O–H groups in total. The van der Waals surface area contributed by atoms with E-state index in [1.54, 1.807) is 6.92 Å². The van der Waals surface area contributed by atoms with Gasteiger partial charge in [-0.25, -0.2) is 0 Å². The van der Waals surface area contributed by atoms with Gasteiger partial charge in [-0.15, -0.1) is 23.4 Å². The zero-order chi connectivity index (χ0) is 11.9. The quantitative estimate of drug-likeness (QED) is 0.536. The number of Topliss-reactive ketones (excluding diaryl/α,β-unsaturated/α-hetero) is 1. The van der Waals surface area contributed by atoms with Crippen molar-refractivity contribution >= 4 is 35.1 Å². The van der Waals surface area contributed by atoms with Gasteiger partial charge < -0.3 is 4.74 Å². The smallest absolute Gasteiger partial charge is 0.323 e. The molecule has 0 spiro atoms. The predicted octanol–water partition coefficient (Wildman–Crippen LogP) is 2.28. The van der Waals surface area contributed by atoms with Crippen molar-refractivity contribution in [2.45, 2.75) is 36.3 Å². The highest BCUT2D eigenvalue weighted by Gasteiger charge is 2.52. The van der Waals surface area contributed by atoms with Gasteiger partial charge >= 0.3 is 5.97 Å². The highest BCUT2D eigenvalue weighted by Crippen LogP contribution is 2.53. The Morgan fingerprint density at radius 1 is 1.56 bits per heavy atom. The van der Waals surface area contributed by atoms with Crippen LogP contribution in [0.5, 0.6) is 0 Å². The average molecular weight is 261 g/mol. The van der Waals surface area contributed by atoms with E-state index in [0.717, 1.165) is 17.7 Å². The van der Waals surface area contributed by atoms with Crippen LogP contribution in [-0.2, 0) is 14.3 Å². The normalized spacial score (nSPS) is 33.9. The molecule has 88 valence electrons. The van der Waals surface area contributed by atoms with Gasteiger partial charge in [0.25, 0.3) is 0 Å². The highest BCUT2D eigenvalue weighted by atomic mass is 35.5. The van der Waals surface area contributed by atoms with Gasteiger partial charge in [-0.05, 0) is 24.7 Å². The number of hydrogen-bond acceptors (Lipinski definition) is 4. The fourth-order valence-corrected chi connectivity index (χ4v) is 4.18. The predicted molar refractivity (Wildman–Crippen MR) is 63.5 cm³/mol. The van der Waals surface area contributed by atoms with Gasteiger partial charge in [-0.3, -0.25) is 9.59 Å². The topological polar surface area (TPSA) is 43.4 Å². The third kappa shape index (κ3) is 1.59. The Morgan fingerprint density at radius 3 is 2.81 bits per heavy atom. The summed E-state index contributed by atoms with van der Waals surface area (Å²) in [6.45, 7) is 1.74. The first-order chi connectivity index (χ1) is 7.50. The Hall–Kier alpha value is -0.480. The summed E-state index contributed by atoms with van der Waals surface area (Å²) in [7, 11) is 1.34. The fourth-order valence-electron chi connectivity index (χ4n) is 2.15. The van der Waals surface area contributed by atoms with E-state index in [2.05, 4.69) is 0 Å². The van der Waals surface area contributed by atoms with Crippen LogP contribution in [0.4, 0.5) is 0 Å². The van der Waals surface area contributed by atoms with E-state index in [1.807, 2.05) is 0 Å². The van der Waals surface area contributed by atoms with E-state index in [1.165, 1.54) is 18.9 Å². The van der Waals surface area contributed by atoms with Crippen molar-refractivity contribution in [1.82, 2.24) is 0 Å². The largest absolute Gasteiger partial charge is 0.468 e. The van der Waals surface area contributed by atoms with Gasteiger partial charge in [-0.1, -0.05) is 0 Å². The first-order valence-electron chi connectivity index (χ1n) is 5.18. The standard InChI is InChI=1S/C11H13ClO3S/c1-11(10(14)15-2)9(12)8-6(13)4-3-5-7(8)16-11/h9H,3-5H2,1-2H3. The van der Waals surface area contributed by atoms with E-state index < -0.39 is 10.1 Å². The number of carbonyl (C=O) groups is 2. The number of alkyl halides is 1. The Kier molecular flexibility index (Phi) is 3.05. The molecule has 2 aliphatic rings. The maximum Gasteiger partial charge on any atom is 0.323 e. The highest BCUT2D eigenvalue weighted by molar-refractivity contribution is 8.05. The number of allylic oxidation sites excluding steroid dienone is 2. The van der Waals surface area contributed by atoms with Crippen LogP contribution in [0.3, 0.4) is 0 Å². The Labute approximate surface area is 104 Å². The molecule has 5 heteroatoms. The van der Waals surface area contributed by atoms with E-state index in [9.17, 15) is 9.59 Å². The minimum Gasteiger partial charge on any atom is -0.468 e. The molecule has 1 aliphatic heterocycles. The first kappa shape index (κ1) is 12.0. The molecule has 0 fully saturated rings. The summed E-state index contributed by atoms with van der Waals surface area (Å²) >= 11 is 7.65. The zero-order valence-corrected chi connectivity index (χ0v) is 10.8. The molecule has 0 saturated carbocycles. The van der Waals surface area contributed by atoms with Crippen molar-refractivity contribution in [3.05, 3.63) is 10.5 Å². The maximum absolute atomic E-state index is 11.8. The van der Waals surface area contributed by atoms with Crippen molar-refractivity contribution < 1.29 is 14.3 Å². The molecule has 2 rings (SSSR count). The van der Waals surface area contributed by atoms with Crippen LogP contribution in [0.15, 0.2) is 10.5 Å². The number of methoxy groups -OCH3 is 1. The molecule has 0 saturated heterocycles. The summed E-state index contributed by atoms with van der Waals surface area (Å²) in [4.78, 5) is 24.5. The summed E-state index contributed by atoms with van der Waals surface area (Å²) < 4.78 is 3.92. The third-order valence-corrected chi connectivity index (χ3v) is 5.35. The molecule has 16 heavy (non-hydrogen) atoms. The van der Waals surface area contributed by atoms with Gasteiger partial charge in [0.05, 0.1) is 12.5 Å². The Balaban J connectivity index is 2.34. The van der Waals surface area contributed by atoms with Crippen LogP contribution in [0.25, 0.3) is 0 Å². The number of hydrogen-bond donors (Lipinski definition) is 0. The van der Waals surface area contributed by atoms with Crippen LogP contribution >= 0.6 is 23.4 Å².